The predicted molar refractivity (Wildman–Crippen MR) is 79.8 cm³/mol. The number of aromatic amines is 1. The number of hydrogen-bond acceptors (Lipinski definition) is 5. The highest BCUT2D eigenvalue weighted by Crippen LogP contribution is 2.25. The molecule has 8 heteroatoms. The molecule has 1 heterocycles. The second kappa shape index (κ2) is 7.96. The zero-order chi connectivity index (χ0) is 16.7. The van der Waals surface area contributed by atoms with Crippen LogP contribution in [0.15, 0.2) is 23.5 Å². The van der Waals surface area contributed by atoms with Gasteiger partial charge in [0.15, 0.2) is 5.49 Å². The molecule has 0 bridgehead atoms. The third-order valence-electron chi connectivity index (χ3n) is 3.33. The van der Waals surface area contributed by atoms with Crippen molar-refractivity contribution in [3.05, 3.63) is 50.6 Å². The summed E-state index contributed by atoms with van der Waals surface area (Å²) in [6, 6.07) is -1.00. The van der Waals surface area contributed by atoms with Crippen molar-refractivity contribution in [3.8, 4) is 0 Å². The van der Waals surface area contributed by atoms with Crippen LogP contribution in [0.5, 0.6) is 0 Å². The molecule has 1 unspecified atom stereocenters. The standard InChI is InChI=1S/C14H20N4O4/c1-3-5-6-7-11(18(21)22)10-8-16-14(17-20)12(13(15)19)9(10)4-2/h5-6,8,11,20H,3-4,7H2,1-2H3,(H2,15,19)(H,16,17)/b6-5+. The molecule has 1 rings (SSSR count). The van der Waals surface area contributed by atoms with Crippen LogP contribution >= 0.6 is 0 Å². The normalized spacial score (nSPS) is 13.5. The summed E-state index contributed by atoms with van der Waals surface area (Å²) in [4.78, 5) is 25.2. The van der Waals surface area contributed by atoms with E-state index in [1.54, 1.807) is 13.0 Å². The average Bonchev–Trinajstić information content (AvgIpc) is 2.49. The van der Waals surface area contributed by atoms with Crippen LogP contribution in [0.2, 0.25) is 0 Å². The number of carbonyl (C=O) groups excluding carboxylic acids is 1. The molecule has 1 aromatic heterocycles. The zero-order valence-electron chi connectivity index (χ0n) is 12.6. The molecular weight excluding hydrogens is 288 g/mol. The Balaban J connectivity index is 3.50. The quantitative estimate of drug-likeness (QED) is 0.305. The average molecular weight is 308 g/mol. The summed E-state index contributed by atoms with van der Waals surface area (Å²) < 4.78 is 0. The Morgan fingerprint density at radius 1 is 1.55 bits per heavy atom. The van der Waals surface area contributed by atoms with E-state index in [1.165, 1.54) is 6.20 Å². The Morgan fingerprint density at radius 3 is 2.68 bits per heavy atom. The van der Waals surface area contributed by atoms with Crippen molar-refractivity contribution < 1.29 is 14.9 Å². The van der Waals surface area contributed by atoms with Crippen molar-refractivity contribution in [1.29, 1.82) is 0 Å². The van der Waals surface area contributed by atoms with Gasteiger partial charge in [0.2, 0.25) is 6.04 Å². The fourth-order valence-electron chi connectivity index (χ4n) is 2.33. The Kier molecular flexibility index (Phi) is 6.30. The van der Waals surface area contributed by atoms with Crippen molar-refractivity contribution >= 4 is 5.91 Å². The van der Waals surface area contributed by atoms with Crippen LogP contribution < -0.4 is 11.2 Å². The van der Waals surface area contributed by atoms with Gasteiger partial charge in [0.05, 0.1) is 5.56 Å². The van der Waals surface area contributed by atoms with Crippen LogP contribution in [0, 0.1) is 10.1 Å². The minimum absolute atomic E-state index is 0.0196. The second-order valence-electron chi connectivity index (χ2n) is 4.68. The highest BCUT2D eigenvalue weighted by atomic mass is 16.6. The summed E-state index contributed by atoms with van der Waals surface area (Å²) >= 11 is 0. The number of allylic oxidation sites excluding steroid dienone is 1. The molecule has 1 aromatic rings. The molecule has 0 saturated carbocycles. The number of nitrogens with one attached hydrogen (secondary N) is 1. The van der Waals surface area contributed by atoms with Crippen molar-refractivity contribution in [1.82, 2.24) is 4.98 Å². The number of primary amides is 1. The van der Waals surface area contributed by atoms with E-state index in [9.17, 15) is 14.9 Å². The molecule has 0 aliphatic carbocycles. The van der Waals surface area contributed by atoms with Gasteiger partial charge >= 0.3 is 0 Å². The lowest BCUT2D eigenvalue weighted by Gasteiger charge is -2.14. The summed E-state index contributed by atoms with van der Waals surface area (Å²) in [5.74, 6) is -0.797. The smallest absolute Gasteiger partial charge is 0.252 e. The number of nitrogens with zero attached hydrogens (tertiary/aromatic N) is 2. The molecule has 0 radical (unpaired) electrons. The molecule has 1 amide bonds. The number of amides is 1. The van der Waals surface area contributed by atoms with Crippen molar-refractivity contribution in [2.45, 2.75) is 39.2 Å². The second-order valence-corrected chi connectivity index (χ2v) is 4.68. The van der Waals surface area contributed by atoms with E-state index in [0.717, 1.165) is 6.42 Å². The number of pyridine rings is 1. The first-order chi connectivity index (χ1) is 10.5. The minimum atomic E-state index is -1.00. The van der Waals surface area contributed by atoms with E-state index < -0.39 is 16.9 Å². The maximum absolute atomic E-state index is 11.6. The molecule has 22 heavy (non-hydrogen) atoms. The van der Waals surface area contributed by atoms with E-state index in [2.05, 4.69) is 10.1 Å². The predicted octanol–water partition coefficient (Wildman–Crippen LogP) is 1.64. The summed E-state index contributed by atoms with van der Waals surface area (Å²) in [5.41, 5.74) is 5.99. The lowest BCUT2D eigenvalue weighted by molar-refractivity contribution is -0.528. The minimum Gasteiger partial charge on any atom is -0.409 e. The van der Waals surface area contributed by atoms with Crippen LogP contribution in [0.4, 0.5) is 0 Å². The zero-order valence-corrected chi connectivity index (χ0v) is 12.6. The van der Waals surface area contributed by atoms with E-state index in [0.29, 0.717) is 17.5 Å². The van der Waals surface area contributed by atoms with Crippen molar-refractivity contribution in [2.75, 3.05) is 0 Å². The van der Waals surface area contributed by atoms with Gasteiger partial charge in [0, 0.05) is 23.1 Å². The fraction of sp³-hybridized carbons (Fsp3) is 0.429. The number of H-pyrrole nitrogens is 1. The van der Waals surface area contributed by atoms with E-state index in [1.807, 2.05) is 13.0 Å². The molecule has 0 fully saturated rings. The van der Waals surface area contributed by atoms with Gasteiger partial charge in [-0.25, -0.2) is 0 Å². The number of rotatable bonds is 7. The summed E-state index contributed by atoms with van der Waals surface area (Å²) in [6.07, 6.45) is 6.32. The lowest BCUT2D eigenvalue weighted by atomic mass is 9.94. The molecule has 0 spiro atoms. The number of aromatic nitrogens is 1. The van der Waals surface area contributed by atoms with Gasteiger partial charge in [-0.05, 0) is 18.4 Å². The lowest BCUT2D eigenvalue weighted by Crippen LogP contribution is -2.29. The summed E-state index contributed by atoms with van der Waals surface area (Å²) in [7, 11) is 0. The van der Waals surface area contributed by atoms with Crippen LogP contribution in [0.1, 0.15) is 54.2 Å². The monoisotopic (exact) mass is 308 g/mol. The third-order valence-corrected chi connectivity index (χ3v) is 3.33. The number of carbonyl (C=O) groups is 1. The molecule has 8 nitrogen and oxygen atoms in total. The van der Waals surface area contributed by atoms with Crippen molar-refractivity contribution in [3.63, 3.8) is 0 Å². The van der Waals surface area contributed by atoms with Gasteiger partial charge in [-0.15, -0.1) is 0 Å². The van der Waals surface area contributed by atoms with E-state index >= 15 is 0 Å². The van der Waals surface area contributed by atoms with Crippen LogP contribution in [-0.2, 0) is 6.42 Å². The molecule has 1 atom stereocenters. The Labute approximate surface area is 127 Å². The van der Waals surface area contributed by atoms with Gasteiger partial charge in [-0.1, -0.05) is 31.2 Å². The molecule has 4 N–H and O–H groups in total. The Hall–Kier alpha value is -2.64. The van der Waals surface area contributed by atoms with Gasteiger partial charge in [0.25, 0.3) is 5.91 Å². The van der Waals surface area contributed by atoms with E-state index in [4.69, 9.17) is 10.9 Å². The first-order valence-corrected chi connectivity index (χ1v) is 6.98. The van der Waals surface area contributed by atoms with Gasteiger partial charge in [-0.2, -0.15) is 0 Å². The molecular formula is C14H20N4O4. The Morgan fingerprint density at radius 2 is 2.23 bits per heavy atom. The molecule has 0 saturated heterocycles. The van der Waals surface area contributed by atoms with Crippen LogP contribution in [-0.4, -0.2) is 21.0 Å². The van der Waals surface area contributed by atoms with Gasteiger partial charge in [-0.3, -0.25) is 14.9 Å². The molecule has 0 aromatic carbocycles. The van der Waals surface area contributed by atoms with Crippen LogP contribution in [0.25, 0.3) is 0 Å². The van der Waals surface area contributed by atoms with Gasteiger partial charge < -0.3 is 15.9 Å². The number of nitro groups is 1. The first-order valence-electron chi connectivity index (χ1n) is 6.98. The third kappa shape index (κ3) is 3.72. The topological polar surface area (TPSA) is 135 Å². The maximum Gasteiger partial charge on any atom is 0.252 e. The van der Waals surface area contributed by atoms with Gasteiger partial charge in [0.1, 0.15) is 0 Å². The SMILES string of the molecule is CC/C=C/CC(c1c[nH]/c(=N\O)c(C(N)=O)c1CC)[N+](=O)[O-]. The maximum atomic E-state index is 11.6. The fourth-order valence-corrected chi connectivity index (χ4v) is 2.33. The van der Waals surface area contributed by atoms with Crippen LogP contribution in [0.3, 0.4) is 0 Å². The summed E-state index contributed by atoms with van der Waals surface area (Å²) in [6.45, 7) is 3.69. The molecule has 120 valence electrons. The number of nitrogens with two attached hydrogens (primary N) is 1. The Bertz CT molecular complexity index is 649. The highest BCUT2D eigenvalue weighted by molar-refractivity contribution is 5.94. The molecule has 0 aliphatic rings. The highest BCUT2D eigenvalue weighted by Gasteiger charge is 2.27. The largest absolute Gasteiger partial charge is 0.409 e. The number of hydrogen-bond donors (Lipinski definition) is 3. The van der Waals surface area contributed by atoms with Crippen molar-refractivity contribution in [2.24, 2.45) is 10.9 Å². The first kappa shape index (κ1) is 17.4. The summed E-state index contributed by atoms with van der Waals surface area (Å²) in [5, 5.41) is 23.3. The van der Waals surface area contributed by atoms with E-state index in [-0.39, 0.29) is 17.5 Å². The molecule has 0 aliphatic heterocycles.